The molecule has 9 heteroatoms. The second-order valence-electron chi connectivity index (χ2n) is 5.31. The van der Waals surface area contributed by atoms with Gasteiger partial charge >= 0.3 is 5.97 Å². The molecule has 0 heterocycles. The van der Waals surface area contributed by atoms with Crippen LogP contribution in [0.2, 0.25) is 10.0 Å². The van der Waals surface area contributed by atoms with E-state index in [1.807, 2.05) is 0 Å². The molecule has 0 fully saturated rings. The van der Waals surface area contributed by atoms with Crippen LogP contribution in [0.3, 0.4) is 0 Å². The predicted octanol–water partition coefficient (Wildman–Crippen LogP) is 3.92. The standard InChI is InChI=1S/C17H17Cl2NO5S/c1-10-11(17(21)25-4)6-5-7-12(10)20(2)26(22,23)14-9-8-13(24-3)15(18)16(14)19/h5-9H,1-4H3. The summed E-state index contributed by atoms with van der Waals surface area (Å²) < 4.78 is 36.9. The molecule has 6 nitrogen and oxygen atoms in total. The van der Waals surface area contributed by atoms with Crippen molar-refractivity contribution in [1.82, 2.24) is 0 Å². The number of benzene rings is 2. The van der Waals surface area contributed by atoms with Gasteiger partial charge in [0.1, 0.15) is 15.7 Å². The van der Waals surface area contributed by atoms with Crippen molar-refractivity contribution in [2.75, 3.05) is 25.6 Å². The summed E-state index contributed by atoms with van der Waals surface area (Å²) in [7, 11) is -0.00409. The molecule has 0 aliphatic rings. The maximum atomic E-state index is 13.0. The molecule has 140 valence electrons. The minimum absolute atomic E-state index is 0.00340. The Balaban J connectivity index is 2.58. The number of sulfonamides is 1. The fourth-order valence-electron chi connectivity index (χ4n) is 2.44. The Kier molecular flexibility index (Phi) is 6.05. The lowest BCUT2D eigenvalue weighted by Gasteiger charge is -2.23. The zero-order valence-electron chi connectivity index (χ0n) is 14.5. The Labute approximate surface area is 162 Å². The van der Waals surface area contributed by atoms with Gasteiger partial charge in [-0.15, -0.1) is 0 Å². The number of rotatable bonds is 5. The third kappa shape index (κ3) is 3.47. The van der Waals surface area contributed by atoms with Gasteiger partial charge in [-0.05, 0) is 36.8 Å². The second-order valence-corrected chi connectivity index (χ2v) is 8.00. The first kappa shape index (κ1) is 20.4. The Morgan fingerprint density at radius 2 is 1.73 bits per heavy atom. The molecular weight excluding hydrogens is 401 g/mol. The van der Waals surface area contributed by atoms with E-state index < -0.39 is 16.0 Å². The first-order valence-corrected chi connectivity index (χ1v) is 9.55. The zero-order chi connectivity index (χ0) is 19.6. The largest absolute Gasteiger partial charge is 0.495 e. The number of hydrogen-bond acceptors (Lipinski definition) is 5. The van der Waals surface area contributed by atoms with Crippen molar-refractivity contribution in [3.8, 4) is 5.75 Å². The molecule has 2 aromatic rings. The normalized spacial score (nSPS) is 11.2. The van der Waals surface area contributed by atoms with Crippen LogP contribution in [0.1, 0.15) is 15.9 Å². The lowest BCUT2D eigenvalue weighted by atomic mass is 10.1. The summed E-state index contributed by atoms with van der Waals surface area (Å²) in [5, 5.41) is -0.136. The number of esters is 1. The van der Waals surface area contributed by atoms with Crippen molar-refractivity contribution in [2.45, 2.75) is 11.8 Å². The molecule has 2 aromatic carbocycles. The van der Waals surface area contributed by atoms with Gasteiger partial charge in [0, 0.05) is 7.05 Å². The number of hydrogen-bond donors (Lipinski definition) is 0. The number of halogens is 2. The molecule has 0 radical (unpaired) electrons. The van der Waals surface area contributed by atoms with Gasteiger partial charge in [-0.25, -0.2) is 13.2 Å². The van der Waals surface area contributed by atoms with Crippen molar-refractivity contribution in [3.05, 3.63) is 51.5 Å². The minimum Gasteiger partial charge on any atom is -0.495 e. The van der Waals surface area contributed by atoms with Crippen molar-refractivity contribution in [1.29, 1.82) is 0 Å². The molecule has 0 N–H and O–H groups in total. The number of nitrogens with zero attached hydrogens (tertiary/aromatic N) is 1. The van der Waals surface area contributed by atoms with E-state index in [2.05, 4.69) is 0 Å². The summed E-state index contributed by atoms with van der Waals surface area (Å²) in [6.45, 7) is 1.64. The van der Waals surface area contributed by atoms with E-state index in [0.717, 1.165) is 4.31 Å². The molecule has 2 rings (SSSR count). The molecule has 0 saturated carbocycles. The zero-order valence-corrected chi connectivity index (χ0v) is 16.9. The third-order valence-electron chi connectivity index (χ3n) is 3.92. The van der Waals surface area contributed by atoms with Gasteiger partial charge in [-0.1, -0.05) is 29.3 Å². The van der Waals surface area contributed by atoms with Crippen LogP contribution in [0.25, 0.3) is 0 Å². The van der Waals surface area contributed by atoms with Gasteiger partial charge < -0.3 is 9.47 Å². The molecule has 0 aromatic heterocycles. The first-order chi connectivity index (χ1) is 12.2. The summed E-state index contributed by atoms with van der Waals surface area (Å²) >= 11 is 12.2. The van der Waals surface area contributed by atoms with E-state index in [0.29, 0.717) is 11.3 Å². The summed E-state index contributed by atoms with van der Waals surface area (Å²) in [6, 6.07) is 7.45. The maximum absolute atomic E-state index is 13.0. The monoisotopic (exact) mass is 417 g/mol. The lowest BCUT2D eigenvalue weighted by Crippen LogP contribution is -2.28. The van der Waals surface area contributed by atoms with Crippen LogP contribution in [0.4, 0.5) is 5.69 Å². The Morgan fingerprint density at radius 1 is 1.08 bits per heavy atom. The fourth-order valence-corrected chi connectivity index (χ4v) is 4.51. The molecule has 0 aliphatic heterocycles. The second kappa shape index (κ2) is 7.73. The van der Waals surface area contributed by atoms with Gasteiger partial charge in [0.15, 0.2) is 0 Å². The highest BCUT2D eigenvalue weighted by Gasteiger charge is 2.28. The summed E-state index contributed by atoms with van der Waals surface area (Å²) in [6.07, 6.45) is 0. The average Bonchev–Trinajstić information content (AvgIpc) is 2.62. The Morgan fingerprint density at radius 3 is 2.31 bits per heavy atom. The Bertz CT molecular complexity index is 960. The first-order valence-electron chi connectivity index (χ1n) is 7.35. The van der Waals surface area contributed by atoms with E-state index in [4.69, 9.17) is 32.7 Å². The van der Waals surface area contributed by atoms with E-state index in [-0.39, 0.29) is 26.3 Å². The van der Waals surface area contributed by atoms with Gasteiger partial charge in [0.05, 0.1) is 30.5 Å². The summed E-state index contributed by atoms with van der Waals surface area (Å²) in [4.78, 5) is 11.7. The Hall–Kier alpha value is -1.96. The number of carbonyl (C=O) groups is 1. The van der Waals surface area contributed by atoms with Crippen molar-refractivity contribution < 1.29 is 22.7 Å². The van der Waals surface area contributed by atoms with E-state index >= 15 is 0 Å². The van der Waals surface area contributed by atoms with Crippen molar-refractivity contribution in [2.24, 2.45) is 0 Å². The molecule has 0 aliphatic carbocycles. The average molecular weight is 418 g/mol. The van der Waals surface area contributed by atoms with Gasteiger partial charge in [-0.3, -0.25) is 4.31 Å². The molecule has 26 heavy (non-hydrogen) atoms. The van der Waals surface area contributed by atoms with Gasteiger partial charge in [0.25, 0.3) is 10.0 Å². The molecule has 0 saturated heterocycles. The van der Waals surface area contributed by atoms with Crippen LogP contribution < -0.4 is 9.04 Å². The minimum atomic E-state index is -4.03. The lowest BCUT2D eigenvalue weighted by molar-refractivity contribution is 0.0600. The van der Waals surface area contributed by atoms with Crippen molar-refractivity contribution >= 4 is 44.9 Å². The number of methoxy groups -OCH3 is 2. The molecule has 0 amide bonds. The topological polar surface area (TPSA) is 72.9 Å². The van der Waals surface area contributed by atoms with Crippen LogP contribution >= 0.6 is 23.2 Å². The van der Waals surface area contributed by atoms with E-state index in [1.54, 1.807) is 25.1 Å². The van der Waals surface area contributed by atoms with Gasteiger partial charge in [0.2, 0.25) is 0 Å². The highest BCUT2D eigenvalue weighted by atomic mass is 35.5. The SMILES string of the molecule is COC(=O)c1cccc(N(C)S(=O)(=O)c2ccc(OC)c(Cl)c2Cl)c1C. The summed E-state index contributed by atoms with van der Waals surface area (Å²) in [5.74, 6) is -0.289. The summed E-state index contributed by atoms with van der Waals surface area (Å²) in [5.41, 5.74) is 1.04. The third-order valence-corrected chi connectivity index (χ3v) is 6.71. The number of carbonyl (C=O) groups excluding carboxylic acids is 1. The molecule has 0 atom stereocenters. The van der Waals surface area contributed by atoms with E-state index in [9.17, 15) is 13.2 Å². The molecule has 0 unspecified atom stereocenters. The van der Waals surface area contributed by atoms with Crippen LogP contribution in [-0.4, -0.2) is 35.7 Å². The van der Waals surface area contributed by atoms with Crippen molar-refractivity contribution in [3.63, 3.8) is 0 Å². The maximum Gasteiger partial charge on any atom is 0.338 e. The van der Waals surface area contributed by atoms with E-state index in [1.165, 1.54) is 33.4 Å². The quantitative estimate of drug-likeness (QED) is 0.689. The molecular formula is C17H17Cl2NO5S. The van der Waals surface area contributed by atoms with Crippen LogP contribution in [0.5, 0.6) is 5.75 Å². The predicted molar refractivity (Wildman–Crippen MR) is 101 cm³/mol. The highest BCUT2D eigenvalue weighted by molar-refractivity contribution is 7.93. The van der Waals surface area contributed by atoms with Crippen LogP contribution in [-0.2, 0) is 14.8 Å². The molecule has 0 spiro atoms. The number of anilines is 1. The smallest absolute Gasteiger partial charge is 0.338 e. The van der Waals surface area contributed by atoms with Crippen LogP contribution in [0, 0.1) is 6.92 Å². The van der Waals surface area contributed by atoms with Gasteiger partial charge in [-0.2, -0.15) is 0 Å². The molecule has 0 bridgehead atoms. The fraction of sp³-hybridized carbons (Fsp3) is 0.235. The highest BCUT2D eigenvalue weighted by Crippen LogP contribution is 2.38. The number of ether oxygens (including phenoxy) is 2. The van der Waals surface area contributed by atoms with Crippen LogP contribution in [0.15, 0.2) is 35.2 Å².